The van der Waals surface area contributed by atoms with Crippen LogP contribution < -0.4 is 9.47 Å². The van der Waals surface area contributed by atoms with E-state index in [0.717, 1.165) is 56.3 Å². The number of rotatable bonds is 10. The lowest BCUT2D eigenvalue weighted by molar-refractivity contribution is 0.305. The van der Waals surface area contributed by atoms with Crippen LogP contribution in [0.4, 0.5) is 0 Å². The van der Waals surface area contributed by atoms with E-state index in [4.69, 9.17) is 9.47 Å². The van der Waals surface area contributed by atoms with Crippen LogP contribution in [0.2, 0.25) is 0 Å². The van der Waals surface area contributed by atoms with Crippen molar-refractivity contribution in [3.8, 4) is 11.5 Å². The van der Waals surface area contributed by atoms with E-state index in [2.05, 4.69) is 82.8 Å². The second-order valence-electron chi connectivity index (χ2n) is 9.46. The summed E-state index contributed by atoms with van der Waals surface area (Å²) in [7, 11) is 0. The second kappa shape index (κ2) is 12.1. The molecule has 0 unspecified atom stereocenters. The van der Waals surface area contributed by atoms with Gasteiger partial charge in [0.05, 0.1) is 11.4 Å². The van der Waals surface area contributed by atoms with Crippen molar-refractivity contribution in [3.63, 3.8) is 0 Å². The molecule has 0 bridgehead atoms. The minimum Gasteiger partial charge on any atom is -0.487 e. The van der Waals surface area contributed by atoms with Gasteiger partial charge in [-0.3, -0.25) is 0 Å². The fraction of sp³-hybridized carbons (Fsp3) is 0.0556. The molecule has 0 atom stereocenters. The first-order valence-electron chi connectivity index (χ1n) is 13.4. The van der Waals surface area contributed by atoms with Crippen LogP contribution in [0.25, 0.3) is 11.1 Å². The summed E-state index contributed by atoms with van der Waals surface area (Å²) in [5.74, 6) is 1.57. The van der Waals surface area contributed by atoms with Crippen LogP contribution in [0, 0.1) is 0 Å². The summed E-state index contributed by atoms with van der Waals surface area (Å²) in [6.07, 6.45) is 3.87. The van der Waals surface area contributed by atoms with Crippen molar-refractivity contribution in [2.24, 2.45) is 0 Å². The van der Waals surface area contributed by atoms with E-state index in [1.807, 2.05) is 73.1 Å². The van der Waals surface area contributed by atoms with Gasteiger partial charge in [0.2, 0.25) is 0 Å². The zero-order chi connectivity index (χ0) is 27.0. The Morgan fingerprint density at radius 2 is 0.775 bits per heavy atom. The first-order chi connectivity index (χ1) is 19.9. The van der Waals surface area contributed by atoms with Gasteiger partial charge in [-0.25, -0.2) is 0 Å². The highest BCUT2D eigenvalue weighted by Crippen LogP contribution is 2.42. The molecule has 0 saturated carbocycles. The summed E-state index contributed by atoms with van der Waals surface area (Å²) in [5, 5.41) is 0. The van der Waals surface area contributed by atoms with Gasteiger partial charge in [-0.1, -0.05) is 121 Å². The summed E-state index contributed by atoms with van der Waals surface area (Å²) in [6.45, 7) is 0.949. The number of H-pyrrole nitrogens is 2. The molecule has 4 nitrogen and oxygen atoms in total. The Morgan fingerprint density at radius 1 is 0.425 bits per heavy atom. The molecule has 0 spiro atoms. The second-order valence-corrected chi connectivity index (χ2v) is 9.46. The first kappa shape index (κ1) is 25.1. The molecule has 4 heteroatoms. The Morgan fingerprint density at radius 3 is 1.15 bits per heavy atom. The SMILES string of the molecule is c1ccc(COc2cc[nH]c2C(=C(c2ccccc2)c2[nH]ccc2OCc2ccccc2)c2ccccc2)cc1. The van der Waals surface area contributed by atoms with Crippen molar-refractivity contribution >= 4 is 11.1 Å². The molecule has 6 aromatic rings. The molecule has 0 amide bonds. The van der Waals surface area contributed by atoms with E-state index < -0.39 is 0 Å². The maximum absolute atomic E-state index is 6.40. The number of aromatic amines is 2. The average Bonchev–Trinajstić information content (AvgIpc) is 3.69. The number of benzene rings is 4. The van der Waals surface area contributed by atoms with Crippen LogP contribution in [0.15, 0.2) is 146 Å². The summed E-state index contributed by atoms with van der Waals surface area (Å²) >= 11 is 0. The van der Waals surface area contributed by atoms with E-state index in [-0.39, 0.29) is 0 Å². The predicted octanol–water partition coefficient (Wildman–Crippen LogP) is 8.51. The quantitative estimate of drug-likeness (QED) is 0.177. The maximum Gasteiger partial charge on any atom is 0.145 e. The smallest absolute Gasteiger partial charge is 0.145 e. The number of hydrogen-bond acceptors (Lipinski definition) is 2. The zero-order valence-corrected chi connectivity index (χ0v) is 22.1. The van der Waals surface area contributed by atoms with Gasteiger partial charge in [0.25, 0.3) is 0 Å². The van der Waals surface area contributed by atoms with Crippen LogP contribution in [-0.4, -0.2) is 9.97 Å². The van der Waals surface area contributed by atoms with Crippen molar-refractivity contribution in [2.75, 3.05) is 0 Å². The Bertz CT molecular complexity index is 1540. The van der Waals surface area contributed by atoms with Gasteiger partial charge in [0.1, 0.15) is 24.7 Å². The number of aromatic nitrogens is 2. The minimum absolute atomic E-state index is 0.475. The fourth-order valence-corrected chi connectivity index (χ4v) is 4.85. The van der Waals surface area contributed by atoms with E-state index >= 15 is 0 Å². The van der Waals surface area contributed by atoms with Crippen LogP contribution in [-0.2, 0) is 13.2 Å². The molecule has 2 N–H and O–H groups in total. The highest BCUT2D eigenvalue weighted by atomic mass is 16.5. The lowest BCUT2D eigenvalue weighted by Crippen LogP contribution is -2.03. The van der Waals surface area contributed by atoms with E-state index in [0.29, 0.717) is 13.2 Å². The molecule has 2 heterocycles. The molecule has 0 radical (unpaired) electrons. The highest BCUT2D eigenvalue weighted by molar-refractivity contribution is 6.05. The normalized spacial score (nSPS) is 11.6. The molecule has 0 aliphatic heterocycles. The summed E-state index contributed by atoms with van der Waals surface area (Å²) in [6, 6.07) is 45.3. The Balaban J connectivity index is 1.50. The molecule has 196 valence electrons. The van der Waals surface area contributed by atoms with Gasteiger partial charge in [0, 0.05) is 23.5 Å². The predicted molar refractivity (Wildman–Crippen MR) is 161 cm³/mol. The molecule has 0 aliphatic rings. The van der Waals surface area contributed by atoms with Gasteiger partial charge < -0.3 is 19.4 Å². The van der Waals surface area contributed by atoms with Gasteiger partial charge in [-0.05, 0) is 34.4 Å². The molecule has 0 saturated heterocycles. The number of nitrogens with one attached hydrogen (secondary N) is 2. The monoisotopic (exact) mass is 522 g/mol. The van der Waals surface area contributed by atoms with Gasteiger partial charge in [-0.2, -0.15) is 0 Å². The third-order valence-electron chi connectivity index (χ3n) is 6.77. The molecule has 0 aliphatic carbocycles. The van der Waals surface area contributed by atoms with Crippen LogP contribution >= 0.6 is 0 Å². The summed E-state index contributed by atoms with van der Waals surface area (Å²) in [5.41, 5.74) is 8.22. The lowest BCUT2D eigenvalue weighted by Gasteiger charge is -2.19. The summed E-state index contributed by atoms with van der Waals surface area (Å²) < 4.78 is 12.8. The standard InChI is InChI=1S/C36H30N2O2/c1-5-13-27(14-6-1)25-39-31-21-23-37-35(31)33(29-17-9-3-10-18-29)34(30-19-11-4-12-20-30)36-32(22-24-38-36)40-26-28-15-7-2-8-16-28/h1-24,37-38H,25-26H2. The van der Waals surface area contributed by atoms with Crippen molar-refractivity contribution in [1.82, 2.24) is 9.97 Å². The highest BCUT2D eigenvalue weighted by Gasteiger charge is 2.23. The third kappa shape index (κ3) is 5.62. The Labute approximate surface area is 234 Å². The molecule has 0 fully saturated rings. The maximum atomic E-state index is 6.40. The lowest BCUT2D eigenvalue weighted by atomic mass is 9.90. The molecule has 6 rings (SSSR count). The summed E-state index contributed by atoms with van der Waals surface area (Å²) in [4.78, 5) is 6.99. The van der Waals surface area contributed by atoms with Crippen LogP contribution in [0.5, 0.6) is 11.5 Å². The zero-order valence-electron chi connectivity index (χ0n) is 22.1. The first-order valence-corrected chi connectivity index (χ1v) is 13.4. The average molecular weight is 523 g/mol. The van der Waals surface area contributed by atoms with Crippen molar-refractivity contribution in [3.05, 3.63) is 179 Å². The van der Waals surface area contributed by atoms with Gasteiger partial charge in [0.15, 0.2) is 0 Å². The van der Waals surface area contributed by atoms with Crippen LogP contribution in [0.1, 0.15) is 33.6 Å². The number of hydrogen-bond donors (Lipinski definition) is 2. The van der Waals surface area contributed by atoms with Crippen LogP contribution in [0.3, 0.4) is 0 Å². The van der Waals surface area contributed by atoms with E-state index in [1.165, 1.54) is 0 Å². The molecular weight excluding hydrogens is 492 g/mol. The largest absolute Gasteiger partial charge is 0.487 e. The van der Waals surface area contributed by atoms with E-state index in [1.54, 1.807) is 0 Å². The van der Waals surface area contributed by atoms with Crippen molar-refractivity contribution in [1.29, 1.82) is 0 Å². The topological polar surface area (TPSA) is 50.0 Å². The third-order valence-corrected chi connectivity index (χ3v) is 6.77. The molecule has 2 aromatic heterocycles. The van der Waals surface area contributed by atoms with Gasteiger partial charge in [-0.15, -0.1) is 0 Å². The Hall–Kier alpha value is -5.22. The molecule has 40 heavy (non-hydrogen) atoms. The van der Waals surface area contributed by atoms with Crippen molar-refractivity contribution < 1.29 is 9.47 Å². The van der Waals surface area contributed by atoms with Crippen molar-refractivity contribution in [2.45, 2.75) is 13.2 Å². The molecule has 4 aromatic carbocycles. The number of ether oxygens (including phenoxy) is 2. The fourth-order valence-electron chi connectivity index (χ4n) is 4.85. The minimum atomic E-state index is 0.475. The Kier molecular flexibility index (Phi) is 7.58. The molecular formula is C36H30N2O2. The van der Waals surface area contributed by atoms with E-state index in [9.17, 15) is 0 Å². The van der Waals surface area contributed by atoms with Gasteiger partial charge >= 0.3 is 0 Å².